The number of Topliss-reactive ketones (excluding diaryl/α,β-unsaturated/α-hetero) is 1. The normalized spacial score (nSPS) is 18.6. The standard InChI is InChI=1S/C12H21NO3/c1-4-12(2,3)10(15)9(14)11(16)13-7-5-6-8-13/h10,15H,4-8H2,1-3H3. The van der Waals surface area contributed by atoms with Crippen LogP contribution in [0.15, 0.2) is 0 Å². The molecule has 0 radical (unpaired) electrons. The Morgan fingerprint density at radius 2 is 1.81 bits per heavy atom. The Morgan fingerprint density at radius 1 is 1.31 bits per heavy atom. The summed E-state index contributed by atoms with van der Waals surface area (Å²) in [7, 11) is 0. The average Bonchev–Trinajstić information content (AvgIpc) is 2.79. The molecule has 1 N–H and O–H groups in total. The zero-order valence-corrected chi connectivity index (χ0v) is 10.3. The van der Waals surface area contributed by atoms with Crippen LogP contribution in [-0.2, 0) is 9.59 Å². The molecule has 1 unspecified atom stereocenters. The lowest BCUT2D eigenvalue weighted by Crippen LogP contribution is -2.45. The summed E-state index contributed by atoms with van der Waals surface area (Å²) in [6.45, 7) is 6.78. The van der Waals surface area contributed by atoms with E-state index in [1.807, 2.05) is 6.92 Å². The summed E-state index contributed by atoms with van der Waals surface area (Å²) >= 11 is 0. The monoisotopic (exact) mass is 227 g/mol. The molecular weight excluding hydrogens is 206 g/mol. The molecule has 1 fully saturated rings. The van der Waals surface area contributed by atoms with Crippen molar-refractivity contribution in [1.82, 2.24) is 4.90 Å². The third-order valence-electron chi connectivity index (χ3n) is 3.50. The third-order valence-corrected chi connectivity index (χ3v) is 3.50. The van der Waals surface area contributed by atoms with Crippen LogP contribution in [-0.4, -0.2) is 40.9 Å². The zero-order chi connectivity index (χ0) is 12.3. The largest absolute Gasteiger partial charge is 0.384 e. The third kappa shape index (κ3) is 2.61. The molecule has 4 heteroatoms. The van der Waals surface area contributed by atoms with Crippen molar-refractivity contribution in [2.45, 2.75) is 46.1 Å². The van der Waals surface area contributed by atoms with Crippen molar-refractivity contribution >= 4 is 11.7 Å². The molecule has 0 aliphatic carbocycles. The summed E-state index contributed by atoms with van der Waals surface area (Å²) in [6.07, 6.45) is 1.37. The van der Waals surface area contributed by atoms with Gasteiger partial charge in [-0.15, -0.1) is 0 Å². The Labute approximate surface area is 96.6 Å². The van der Waals surface area contributed by atoms with Crippen LogP contribution in [0, 0.1) is 5.41 Å². The summed E-state index contributed by atoms with van der Waals surface area (Å²) in [4.78, 5) is 25.1. The number of nitrogens with zero attached hydrogens (tertiary/aromatic N) is 1. The molecule has 0 aromatic heterocycles. The maximum absolute atomic E-state index is 11.8. The van der Waals surface area contributed by atoms with E-state index in [9.17, 15) is 14.7 Å². The molecule has 1 aliphatic rings. The number of aliphatic hydroxyl groups is 1. The topological polar surface area (TPSA) is 57.6 Å². The van der Waals surface area contributed by atoms with Crippen molar-refractivity contribution in [1.29, 1.82) is 0 Å². The molecule has 0 spiro atoms. The van der Waals surface area contributed by atoms with E-state index in [1.54, 1.807) is 13.8 Å². The number of carbonyl (C=O) groups excluding carboxylic acids is 2. The molecule has 1 atom stereocenters. The first kappa shape index (κ1) is 13.2. The molecule has 1 saturated heterocycles. The summed E-state index contributed by atoms with van der Waals surface area (Å²) in [5.41, 5.74) is -0.535. The van der Waals surface area contributed by atoms with Gasteiger partial charge in [0.1, 0.15) is 6.10 Å². The van der Waals surface area contributed by atoms with E-state index in [0.717, 1.165) is 12.8 Å². The Bertz CT molecular complexity index is 280. The van der Waals surface area contributed by atoms with Gasteiger partial charge in [-0.2, -0.15) is 0 Å². The minimum Gasteiger partial charge on any atom is -0.384 e. The fourth-order valence-electron chi connectivity index (χ4n) is 1.74. The Kier molecular flexibility index (Phi) is 4.08. The highest BCUT2D eigenvalue weighted by Gasteiger charge is 2.37. The highest BCUT2D eigenvalue weighted by atomic mass is 16.3. The van der Waals surface area contributed by atoms with Crippen LogP contribution < -0.4 is 0 Å². The number of aliphatic hydroxyl groups excluding tert-OH is 1. The highest BCUT2D eigenvalue weighted by molar-refractivity contribution is 6.37. The molecule has 4 nitrogen and oxygen atoms in total. The second kappa shape index (κ2) is 4.95. The predicted octanol–water partition coefficient (Wildman–Crippen LogP) is 0.975. The van der Waals surface area contributed by atoms with Crippen molar-refractivity contribution in [3.8, 4) is 0 Å². The summed E-state index contributed by atoms with van der Waals surface area (Å²) in [5, 5.41) is 9.88. The van der Waals surface area contributed by atoms with Gasteiger partial charge in [-0.3, -0.25) is 9.59 Å². The molecule has 1 heterocycles. The van der Waals surface area contributed by atoms with Crippen LogP contribution in [0.1, 0.15) is 40.0 Å². The van der Waals surface area contributed by atoms with Gasteiger partial charge < -0.3 is 10.0 Å². The number of hydrogen-bond acceptors (Lipinski definition) is 3. The minimum atomic E-state index is -1.19. The second-order valence-corrected chi connectivity index (χ2v) is 5.11. The van der Waals surface area contributed by atoms with Gasteiger partial charge in [-0.25, -0.2) is 0 Å². The van der Waals surface area contributed by atoms with Gasteiger partial charge in [0.2, 0.25) is 5.78 Å². The predicted molar refractivity (Wildman–Crippen MR) is 60.9 cm³/mol. The molecule has 1 aliphatic heterocycles. The Morgan fingerprint density at radius 3 is 2.25 bits per heavy atom. The highest BCUT2D eigenvalue weighted by Crippen LogP contribution is 2.26. The quantitative estimate of drug-likeness (QED) is 0.728. The lowest BCUT2D eigenvalue weighted by molar-refractivity contribution is -0.151. The van der Waals surface area contributed by atoms with E-state index in [1.165, 1.54) is 4.90 Å². The van der Waals surface area contributed by atoms with Gasteiger partial charge >= 0.3 is 0 Å². The van der Waals surface area contributed by atoms with Crippen molar-refractivity contribution in [3.63, 3.8) is 0 Å². The minimum absolute atomic E-state index is 0.522. The van der Waals surface area contributed by atoms with E-state index >= 15 is 0 Å². The number of hydrogen-bond donors (Lipinski definition) is 1. The number of ketones is 1. The number of amides is 1. The smallest absolute Gasteiger partial charge is 0.292 e. The lowest BCUT2D eigenvalue weighted by atomic mass is 9.81. The van der Waals surface area contributed by atoms with Crippen LogP contribution in [0.2, 0.25) is 0 Å². The second-order valence-electron chi connectivity index (χ2n) is 5.11. The lowest BCUT2D eigenvalue weighted by Gasteiger charge is -2.28. The fourth-order valence-corrected chi connectivity index (χ4v) is 1.74. The van der Waals surface area contributed by atoms with E-state index in [2.05, 4.69) is 0 Å². The summed E-state index contributed by atoms with van der Waals surface area (Å²) < 4.78 is 0. The van der Waals surface area contributed by atoms with Crippen LogP contribution in [0.3, 0.4) is 0 Å². The molecular formula is C12H21NO3. The number of rotatable bonds is 4. The molecule has 0 saturated carbocycles. The van der Waals surface area contributed by atoms with Gasteiger partial charge in [0.05, 0.1) is 0 Å². The van der Waals surface area contributed by atoms with Crippen LogP contribution in [0.25, 0.3) is 0 Å². The Balaban J connectivity index is 2.66. The van der Waals surface area contributed by atoms with Gasteiger partial charge in [-0.1, -0.05) is 20.8 Å². The van der Waals surface area contributed by atoms with Gasteiger partial charge in [0.25, 0.3) is 5.91 Å². The molecule has 0 bridgehead atoms. The molecule has 92 valence electrons. The first-order valence-electron chi connectivity index (χ1n) is 5.91. The van der Waals surface area contributed by atoms with Crippen LogP contribution in [0.5, 0.6) is 0 Å². The van der Waals surface area contributed by atoms with E-state index < -0.39 is 23.2 Å². The molecule has 0 aromatic rings. The SMILES string of the molecule is CCC(C)(C)C(O)C(=O)C(=O)N1CCCC1. The fraction of sp³-hybridized carbons (Fsp3) is 0.833. The number of likely N-dealkylation sites (tertiary alicyclic amines) is 1. The maximum Gasteiger partial charge on any atom is 0.292 e. The van der Waals surface area contributed by atoms with Gasteiger partial charge in [0, 0.05) is 13.1 Å². The maximum atomic E-state index is 11.8. The molecule has 0 aromatic carbocycles. The number of carbonyl (C=O) groups is 2. The van der Waals surface area contributed by atoms with Gasteiger partial charge in [-0.05, 0) is 24.7 Å². The summed E-state index contributed by atoms with van der Waals surface area (Å²) in [5.74, 6) is -1.18. The Hall–Kier alpha value is -0.900. The van der Waals surface area contributed by atoms with Crippen LogP contribution in [0.4, 0.5) is 0 Å². The van der Waals surface area contributed by atoms with Crippen molar-refractivity contribution < 1.29 is 14.7 Å². The zero-order valence-electron chi connectivity index (χ0n) is 10.3. The van der Waals surface area contributed by atoms with E-state index in [-0.39, 0.29) is 0 Å². The van der Waals surface area contributed by atoms with Gasteiger partial charge in [0.15, 0.2) is 0 Å². The molecule has 1 amide bonds. The van der Waals surface area contributed by atoms with E-state index in [4.69, 9.17) is 0 Å². The van der Waals surface area contributed by atoms with Crippen molar-refractivity contribution in [2.75, 3.05) is 13.1 Å². The first-order chi connectivity index (χ1) is 7.40. The summed E-state index contributed by atoms with van der Waals surface area (Å²) in [6, 6.07) is 0. The molecule has 1 rings (SSSR count). The van der Waals surface area contributed by atoms with Crippen LogP contribution >= 0.6 is 0 Å². The van der Waals surface area contributed by atoms with E-state index in [0.29, 0.717) is 19.5 Å². The molecule has 16 heavy (non-hydrogen) atoms. The first-order valence-corrected chi connectivity index (χ1v) is 5.91. The van der Waals surface area contributed by atoms with Crippen molar-refractivity contribution in [2.24, 2.45) is 5.41 Å². The van der Waals surface area contributed by atoms with Crippen molar-refractivity contribution in [3.05, 3.63) is 0 Å². The average molecular weight is 227 g/mol.